The predicted octanol–water partition coefficient (Wildman–Crippen LogP) is 0.293. The molecule has 1 atom stereocenters. The lowest BCUT2D eigenvalue weighted by atomic mass is 10.1. The third kappa shape index (κ3) is 2.86. The Hall–Kier alpha value is -2.72. The smallest absolute Gasteiger partial charge is 0.247 e. The van der Waals surface area contributed by atoms with Crippen molar-refractivity contribution in [2.24, 2.45) is 7.05 Å². The first kappa shape index (κ1) is 16.7. The van der Waals surface area contributed by atoms with Crippen molar-refractivity contribution in [2.75, 3.05) is 13.1 Å². The van der Waals surface area contributed by atoms with Crippen LogP contribution < -0.4 is 5.32 Å². The maximum Gasteiger partial charge on any atom is 0.247 e. The van der Waals surface area contributed by atoms with Gasteiger partial charge >= 0.3 is 0 Å². The Bertz CT molecular complexity index is 1040. The number of aromatic nitrogens is 3. The summed E-state index contributed by atoms with van der Waals surface area (Å²) in [5, 5.41) is 6.62. The molecule has 0 radical (unpaired) electrons. The molecule has 2 aromatic heterocycles. The number of nitrogens with zero attached hydrogens (tertiary/aromatic N) is 4. The van der Waals surface area contributed by atoms with E-state index < -0.39 is 16.1 Å². The summed E-state index contributed by atoms with van der Waals surface area (Å²) in [5.41, 5.74) is 1.26. The molecule has 1 aromatic carbocycles. The van der Waals surface area contributed by atoms with E-state index in [1.54, 1.807) is 19.2 Å². The number of sulfonamides is 1. The Morgan fingerprint density at radius 3 is 2.88 bits per heavy atom. The molecule has 1 unspecified atom stereocenters. The molecule has 0 spiro atoms. The van der Waals surface area contributed by atoms with Gasteiger partial charge in [0.25, 0.3) is 0 Å². The summed E-state index contributed by atoms with van der Waals surface area (Å²) in [5.74, 6) is -0.0504. The molecule has 9 nitrogen and oxygen atoms in total. The van der Waals surface area contributed by atoms with Crippen LogP contribution >= 0.6 is 0 Å². The summed E-state index contributed by atoms with van der Waals surface area (Å²) >= 11 is 0. The van der Waals surface area contributed by atoms with Crippen molar-refractivity contribution in [1.29, 1.82) is 0 Å². The fourth-order valence-electron chi connectivity index (χ4n) is 3.02. The van der Waals surface area contributed by atoms with Crippen LogP contribution in [0.25, 0.3) is 11.1 Å². The number of oxazole rings is 1. The number of rotatable bonds is 4. The van der Waals surface area contributed by atoms with Crippen LogP contribution in [0.3, 0.4) is 0 Å². The number of hydrogen-bond donors (Lipinski definition) is 1. The van der Waals surface area contributed by atoms with E-state index in [0.717, 1.165) is 0 Å². The van der Waals surface area contributed by atoms with Gasteiger partial charge < -0.3 is 9.73 Å². The molecule has 1 aliphatic heterocycles. The van der Waals surface area contributed by atoms with Crippen molar-refractivity contribution in [2.45, 2.75) is 17.4 Å². The molecule has 1 amide bonds. The first-order valence-corrected chi connectivity index (χ1v) is 9.52. The largest absolute Gasteiger partial charge is 0.441 e. The SMILES string of the molecule is Cn1cc(S(=O)(=O)N2CCNC(=O)C2Cc2nc3ccccc3o2)cn1. The van der Waals surface area contributed by atoms with Crippen LogP contribution in [0, 0.1) is 0 Å². The Morgan fingerprint density at radius 2 is 2.15 bits per heavy atom. The fraction of sp³-hybridized carbons (Fsp3) is 0.312. The summed E-state index contributed by atoms with van der Waals surface area (Å²) in [6.07, 6.45) is 2.75. The molecule has 136 valence electrons. The van der Waals surface area contributed by atoms with Crippen LogP contribution in [0.1, 0.15) is 5.89 Å². The third-order valence-electron chi connectivity index (χ3n) is 4.28. The van der Waals surface area contributed by atoms with Gasteiger partial charge in [-0.05, 0) is 12.1 Å². The summed E-state index contributed by atoms with van der Waals surface area (Å²) < 4.78 is 34.2. The normalized spacial score (nSPS) is 19.0. The van der Waals surface area contributed by atoms with Crippen molar-refractivity contribution in [3.05, 3.63) is 42.5 Å². The number of amides is 1. The van der Waals surface area contributed by atoms with Gasteiger partial charge in [0.05, 0.1) is 6.20 Å². The topological polar surface area (TPSA) is 110 Å². The summed E-state index contributed by atoms with van der Waals surface area (Å²) in [7, 11) is -2.22. The van der Waals surface area contributed by atoms with Gasteiger partial charge in [-0.15, -0.1) is 0 Å². The van der Waals surface area contributed by atoms with Gasteiger partial charge in [0.1, 0.15) is 16.5 Å². The molecule has 0 aliphatic carbocycles. The van der Waals surface area contributed by atoms with Gasteiger partial charge in [-0.2, -0.15) is 9.40 Å². The second-order valence-electron chi connectivity index (χ2n) is 6.05. The Kier molecular flexibility index (Phi) is 4.00. The monoisotopic (exact) mass is 375 g/mol. The maximum atomic E-state index is 13.0. The van der Waals surface area contributed by atoms with E-state index in [4.69, 9.17) is 4.42 Å². The van der Waals surface area contributed by atoms with Crippen molar-refractivity contribution in [3.63, 3.8) is 0 Å². The molecule has 26 heavy (non-hydrogen) atoms. The molecule has 3 aromatic rings. The molecule has 4 rings (SSSR count). The number of hydrogen-bond acceptors (Lipinski definition) is 6. The number of carbonyl (C=O) groups is 1. The Balaban J connectivity index is 1.68. The van der Waals surface area contributed by atoms with E-state index in [-0.39, 0.29) is 30.3 Å². The summed E-state index contributed by atoms with van der Waals surface area (Å²) in [6, 6.07) is 6.30. The molecule has 1 aliphatic rings. The Morgan fingerprint density at radius 1 is 1.35 bits per heavy atom. The highest BCUT2D eigenvalue weighted by molar-refractivity contribution is 7.89. The maximum absolute atomic E-state index is 13.0. The van der Waals surface area contributed by atoms with Crippen LogP contribution in [-0.4, -0.2) is 52.5 Å². The highest BCUT2D eigenvalue weighted by Crippen LogP contribution is 2.23. The van der Waals surface area contributed by atoms with E-state index in [1.165, 1.54) is 21.4 Å². The van der Waals surface area contributed by atoms with E-state index in [0.29, 0.717) is 17.0 Å². The van der Waals surface area contributed by atoms with Crippen LogP contribution in [0.5, 0.6) is 0 Å². The van der Waals surface area contributed by atoms with Gasteiger partial charge in [-0.3, -0.25) is 9.48 Å². The number of para-hydroxylation sites is 2. The third-order valence-corrected chi connectivity index (χ3v) is 6.14. The lowest BCUT2D eigenvalue weighted by molar-refractivity contribution is -0.126. The van der Waals surface area contributed by atoms with Crippen molar-refractivity contribution < 1.29 is 17.6 Å². The zero-order valence-corrected chi connectivity index (χ0v) is 14.8. The molecule has 10 heteroatoms. The summed E-state index contributed by atoms with van der Waals surface area (Å²) in [4.78, 5) is 16.8. The van der Waals surface area contributed by atoms with E-state index in [9.17, 15) is 13.2 Å². The highest BCUT2D eigenvalue weighted by atomic mass is 32.2. The number of fused-ring (bicyclic) bond motifs is 1. The van der Waals surface area contributed by atoms with Gasteiger partial charge in [-0.1, -0.05) is 12.1 Å². The van der Waals surface area contributed by atoms with Crippen molar-refractivity contribution in [1.82, 2.24) is 24.4 Å². The minimum absolute atomic E-state index is 0.0530. The zero-order valence-electron chi connectivity index (χ0n) is 14.0. The second-order valence-corrected chi connectivity index (χ2v) is 7.94. The highest BCUT2D eigenvalue weighted by Gasteiger charge is 2.40. The first-order chi connectivity index (χ1) is 12.4. The molecule has 3 heterocycles. The fourth-order valence-corrected chi connectivity index (χ4v) is 4.59. The lowest BCUT2D eigenvalue weighted by Crippen LogP contribution is -2.57. The standard InChI is InChI=1S/C16H17N5O4S/c1-20-10-11(9-18-20)26(23,24)21-7-6-17-16(22)13(21)8-15-19-12-4-2-3-5-14(12)25-15/h2-5,9-10,13H,6-8H2,1H3,(H,17,22). The zero-order chi connectivity index (χ0) is 18.3. The summed E-state index contributed by atoms with van der Waals surface area (Å²) in [6.45, 7) is 0.427. The van der Waals surface area contributed by atoms with Crippen molar-refractivity contribution in [3.8, 4) is 0 Å². The van der Waals surface area contributed by atoms with E-state index in [1.807, 2.05) is 12.1 Å². The predicted molar refractivity (Wildman–Crippen MR) is 91.6 cm³/mol. The van der Waals surface area contributed by atoms with E-state index >= 15 is 0 Å². The molecule has 0 bridgehead atoms. The minimum atomic E-state index is -3.85. The second kappa shape index (κ2) is 6.22. The van der Waals surface area contributed by atoms with Crippen LogP contribution in [0.15, 0.2) is 46.0 Å². The molecule has 1 fully saturated rings. The minimum Gasteiger partial charge on any atom is -0.441 e. The molecular formula is C16H17N5O4S. The van der Waals surface area contributed by atoms with Crippen LogP contribution in [-0.2, 0) is 28.3 Å². The number of carbonyl (C=O) groups excluding carboxylic acids is 1. The molecular weight excluding hydrogens is 358 g/mol. The number of piperazine rings is 1. The number of aryl methyl sites for hydroxylation is 1. The average Bonchev–Trinajstić information content (AvgIpc) is 3.22. The lowest BCUT2D eigenvalue weighted by Gasteiger charge is -2.33. The quantitative estimate of drug-likeness (QED) is 0.702. The average molecular weight is 375 g/mol. The van der Waals surface area contributed by atoms with Crippen LogP contribution in [0.2, 0.25) is 0 Å². The van der Waals surface area contributed by atoms with Crippen molar-refractivity contribution >= 4 is 27.0 Å². The number of nitrogens with one attached hydrogen (secondary N) is 1. The number of benzene rings is 1. The molecule has 0 saturated carbocycles. The van der Waals surface area contributed by atoms with Gasteiger partial charge in [-0.25, -0.2) is 13.4 Å². The molecule has 1 saturated heterocycles. The van der Waals surface area contributed by atoms with E-state index in [2.05, 4.69) is 15.4 Å². The molecule has 1 N–H and O–H groups in total. The first-order valence-electron chi connectivity index (χ1n) is 8.08. The van der Waals surface area contributed by atoms with Gasteiger partial charge in [0.15, 0.2) is 11.5 Å². The van der Waals surface area contributed by atoms with Crippen LogP contribution in [0.4, 0.5) is 0 Å². The van der Waals surface area contributed by atoms with Gasteiger partial charge in [0.2, 0.25) is 15.9 Å². The van der Waals surface area contributed by atoms with Gasteiger partial charge in [0, 0.05) is 32.8 Å². The Labute approximate surface area is 149 Å².